The molecule has 0 spiro atoms. The number of H-pyrrole nitrogens is 1. The summed E-state index contributed by atoms with van der Waals surface area (Å²) in [6, 6.07) is 14.5. The molecule has 0 unspecified atom stereocenters. The van der Waals surface area contributed by atoms with E-state index in [1.807, 2.05) is 30.3 Å². The van der Waals surface area contributed by atoms with Crippen LogP contribution in [0.15, 0.2) is 53.3 Å². The van der Waals surface area contributed by atoms with Gasteiger partial charge in [-0.2, -0.15) is 4.98 Å². The Morgan fingerprint density at radius 2 is 1.91 bits per heavy atom. The number of amides is 2. The number of aromatic amines is 1. The summed E-state index contributed by atoms with van der Waals surface area (Å²) in [4.78, 5) is 44.7. The Morgan fingerprint density at radius 1 is 1.12 bits per heavy atom. The third-order valence-electron chi connectivity index (χ3n) is 5.01. The van der Waals surface area contributed by atoms with Crippen LogP contribution in [0.3, 0.4) is 0 Å². The van der Waals surface area contributed by atoms with Crippen LogP contribution in [0.25, 0.3) is 0 Å². The number of aromatic nitrogens is 2. The molecule has 32 heavy (non-hydrogen) atoms. The van der Waals surface area contributed by atoms with Gasteiger partial charge in [0.2, 0.25) is 17.8 Å². The van der Waals surface area contributed by atoms with Crippen molar-refractivity contribution in [3.05, 3.63) is 80.1 Å². The Hall–Kier alpha value is -3.36. The van der Waals surface area contributed by atoms with Gasteiger partial charge in [-0.05, 0) is 30.2 Å². The standard InChI is InChI=1S/C22H19Cl2N5O3/c23-13-6-7-16(15(24)10-13)26-22-28-19-18(21(32)29-22)14(11-17(30)27-19)20(31)25-9-8-12-4-2-1-3-5-12/h1-7,10,14H,8-9,11H2,(H,25,31)(H3,26,27,28,29,30,32)/t14-/m1/s1. The highest BCUT2D eigenvalue weighted by molar-refractivity contribution is 6.36. The maximum atomic E-state index is 12.8. The Morgan fingerprint density at radius 3 is 2.66 bits per heavy atom. The molecular weight excluding hydrogens is 453 g/mol. The summed E-state index contributed by atoms with van der Waals surface area (Å²) < 4.78 is 0. The molecule has 0 aliphatic carbocycles. The quantitative estimate of drug-likeness (QED) is 0.438. The van der Waals surface area contributed by atoms with E-state index in [2.05, 4.69) is 25.9 Å². The first kappa shape index (κ1) is 21.9. The topological polar surface area (TPSA) is 116 Å². The van der Waals surface area contributed by atoms with Gasteiger partial charge in [-0.1, -0.05) is 53.5 Å². The lowest BCUT2D eigenvalue weighted by atomic mass is 9.92. The van der Waals surface area contributed by atoms with Crippen LogP contribution in [0.1, 0.15) is 23.5 Å². The minimum Gasteiger partial charge on any atom is -0.355 e. The molecule has 164 valence electrons. The molecule has 8 nitrogen and oxygen atoms in total. The van der Waals surface area contributed by atoms with E-state index in [-0.39, 0.29) is 23.8 Å². The zero-order valence-electron chi connectivity index (χ0n) is 16.7. The molecule has 1 aliphatic rings. The molecule has 4 N–H and O–H groups in total. The fourth-order valence-electron chi connectivity index (χ4n) is 3.47. The monoisotopic (exact) mass is 471 g/mol. The summed E-state index contributed by atoms with van der Waals surface area (Å²) >= 11 is 12.1. The molecule has 0 radical (unpaired) electrons. The van der Waals surface area contributed by atoms with E-state index in [9.17, 15) is 14.4 Å². The second kappa shape index (κ2) is 9.42. The van der Waals surface area contributed by atoms with Crippen molar-refractivity contribution < 1.29 is 9.59 Å². The Kier molecular flexibility index (Phi) is 6.43. The first-order valence-corrected chi connectivity index (χ1v) is 10.6. The summed E-state index contributed by atoms with van der Waals surface area (Å²) in [6.45, 7) is 0.385. The Labute approximate surface area is 193 Å². The number of carbonyl (C=O) groups is 2. The zero-order chi connectivity index (χ0) is 22.7. The number of carbonyl (C=O) groups excluding carboxylic acids is 2. The summed E-state index contributed by atoms with van der Waals surface area (Å²) in [7, 11) is 0. The van der Waals surface area contributed by atoms with Crippen LogP contribution in [0.4, 0.5) is 17.5 Å². The number of nitrogens with one attached hydrogen (secondary N) is 4. The Balaban J connectivity index is 1.53. The van der Waals surface area contributed by atoms with E-state index in [0.29, 0.717) is 28.7 Å². The maximum Gasteiger partial charge on any atom is 0.258 e. The first-order valence-electron chi connectivity index (χ1n) is 9.88. The molecule has 2 aromatic carbocycles. The second-order valence-electron chi connectivity index (χ2n) is 7.26. The molecule has 10 heteroatoms. The van der Waals surface area contributed by atoms with Gasteiger partial charge in [-0.25, -0.2) is 0 Å². The van der Waals surface area contributed by atoms with Crippen molar-refractivity contribution in [3.8, 4) is 0 Å². The smallest absolute Gasteiger partial charge is 0.258 e. The number of rotatable bonds is 6. The molecule has 2 heterocycles. The van der Waals surface area contributed by atoms with Crippen LogP contribution in [0.2, 0.25) is 10.0 Å². The number of hydrogen-bond donors (Lipinski definition) is 4. The predicted molar refractivity (Wildman–Crippen MR) is 124 cm³/mol. The second-order valence-corrected chi connectivity index (χ2v) is 8.10. The highest BCUT2D eigenvalue weighted by atomic mass is 35.5. The summed E-state index contributed by atoms with van der Waals surface area (Å²) in [5.41, 5.74) is 1.14. The lowest BCUT2D eigenvalue weighted by Crippen LogP contribution is -2.39. The van der Waals surface area contributed by atoms with Gasteiger partial charge < -0.3 is 16.0 Å². The Bertz CT molecular complexity index is 1230. The third kappa shape index (κ3) is 4.92. The molecule has 0 bridgehead atoms. The lowest BCUT2D eigenvalue weighted by Gasteiger charge is -2.23. The summed E-state index contributed by atoms with van der Waals surface area (Å²) in [5, 5.41) is 9.07. The minimum atomic E-state index is -0.932. The predicted octanol–water partition coefficient (Wildman–Crippen LogP) is 3.61. The van der Waals surface area contributed by atoms with E-state index in [1.165, 1.54) is 0 Å². The molecule has 3 aromatic rings. The largest absolute Gasteiger partial charge is 0.355 e. The van der Waals surface area contributed by atoms with Gasteiger partial charge in [-0.15, -0.1) is 0 Å². The van der Waals surface area contributed by atoms with Crippen LogP contribution < -0.4 is 21.5 Å². The van der Waals surface area contributed by atoms with Crippen molar-refractivity contribution >= 4 is 52.5 Å². The van der Waals surface area contributed by atoms with Crippen molar-refractivity contribution in [2.45, 2.75) is 18.8 Å². The van der Waals surface area contributed by atoms with E-state index in [4.69, 9.17) is 23.2 Å². The number of benzene rings is 2. The van der Waals surface area contributed by atoms with Crippen LogP contribution in [0.5, 0.6) is 0 Å². The number of fused-ring (bicyclic) bond motifs is 1. The molecule has 0 fully saturated rings. The van der Waals surface area contributed by atoms with Crippen molar-refractivity contribution in [1.29, 1.82) is 0 Å². The van der Waals surface area contributed by atoms with Crippen LogP contribution >= 0.6 is 23.2 Å². The summed E-state index contributed by atoms with van der Waals surface area (Å²) in [5.74, 6) is -1.61. The fourth-order valence-corrected chi connectivity index (χ4v) is 3.93. The van der Waals surface area contributed by atoms with Gasteiger partial charge in [-0.3, -0.25) is 19.4 Å². The van der Waals surface area contributed by atoms with Gasteiger partial charge in [0.05, 0.1) is 22.2 Å². The molecule has 1 aliphatic heterocycles. The van der Waals surface area contributed by atoms with Gasteiger partial charge in [0.1, 0.15) is 5.82 Å². The SMILES string of the molecule is O=C1C[C@@H](C(=O)NCCc2ccccc2)c2c(nc(Nc3ccc(Cl)cc3Cl)[nH]c2=O)N1. The van der Waals surface area contributed by atoms with Crippen LogP contribution in [0, 0.1) is 0 Å². The number of nitrogens with zero attached hydrogens (tertiary/aromatic N) is 1. The van der Waals surface area contributed by atoms with E-state index in [1.54, 1.807) is 18.2 Å². The molecule has 1 aromatic heterocycles. The number of anilines is 3. The average molecular weight is 472 g/mol. The van der Waals surface area contributed by atoms with Crippen molar-refractivity contribution in [2.75, 3.05) is 17.2 Å². The normalized spacial score (nSPS) is 14.9. The zero-order valence-corrected chi connectivity index (χ0v) is 18.3. The minimum absolute atomic E-state index is 0.0424. The van der Waals surface area contributed by atoms with Gasteiger partial charge >= 0.3 is 0 Å². The van der Waals surface area contributed by atoms with Crippen LogP contribution in [-0.4, -0.2) is 28.3 Å². The van der Waals surface area contributed by atoms with Crippen molar-refractivity contribution in [3.63, 3.8) is 0 Å². The van der Waals surface area contributed by atoms with Gasteiger partial charge in [0.15, 0.2) is 0 Å². The highest BCUT2D eigenvalue weighted by Crippen LogP contribution is 2.31. The molecule has 0 saturated carbocycles. The molecule has 0 saturated heterocycles. The van der Waals surface area contributed by atoms with E-state index < -0.39 is 23.3 Å². The number of halogens is 2. The van der Waals surface area contributed by atoms with Crippen LogP contribution in [-0.2, 0) is 16.0 Å². The first-order chi connectivity index (χ1) is 15.4. The third-order valence-corrected chi connectivity index (χ3v) is 5.56. The molecular formula is C22H19Cl2N5O3. The summed E-state index contributed by atoms with van der Waals surface area (Å²) in [6.07, 6.45) is 0.502. The molecule has 1 atom stereocenters. The lowest BCUT2D eigenvalue weighted by molar-refractivity contribution is -0.126. The van der Waals surface area contributed by atoms with Crippen molar-refractivity contribution in [2.24, 2.45) is 0 Å². The number of hydrogen-bond acceptors (Lipinski definition) is 5. The van der Waals surface area contributed by atoms with Crippen molar-refractivity contribution in [1.82, 2.24) is 15.3 Å². The van der Waals surface area contributed by atoms with Gasteiger partial charge in [0, 0.05) is 18.0 Å². The molecule has 2 amide bonds. The highest BCUT2D eigenvalue weighted by Gasteiger charge is 2.34. The van der Waals surface area contributed by atoms with E-state index >= 15 is 0 Å². The molecule has 4 rings (SSSR count). The maximum absolute atomic E-state index is 12.8. The van der Waals surface area contributed by atoms with Gasteiger partial charge in [0.25, 0.3) is 5.56 Å². The fraction of sp³-hybridized carbons (Fsp3) is 0.182. The van der Waals surface area contributed by atoms with E-state index in [0.717, 1.165) is 5.56 Å². The average Bonchev–Trinajstić information content (AvgIpc) is 2.75.